The van der Waals surface area contributed by atoms with Gasteiger partial charge >= 0.3 is 0 Å². The molecule has 0 saturated carbocycles. The van der Waals surface area contributed by atoms with Crippen LogP contribution in [0.3, 0.4) is 0 Å². The number of nitrogens with zero attached hydrogens (tertiary/aromatic N) is 4. The van der Waals surface area contributed by atoms with Crippen molar-refractivity contribution in [3.05, 3.63) is 12.2 Å². The van der Waals surface area contributed by atoms with Crippen LogP contribution >= 0.6 is 0 Å². The van der Waals surface area contributed by atoms with Crippen molar-refractivity contribution in [3.8, 4) is 0 Å². The Balaban J connectivity index is 1.76. The molecule has 1 aliphatic carbocycles. The highest BCUT2D eigenvalue weighted by Gasteiger charge is 2.51. The second-order valence-corrected chi connectivity index (χ2v) is 11.0. The van der Waals surface area contributed by atoms with E-state index in [0.717, 1.165) is 4.31 Å². The van der Waals surface area contributed by atoms with Gasteiger partial charge in [-0.05, 0) is 25.2 Å². The van der Waals surface area contributed by atoms with Crippen LogP contribution in [0, 0.1) is 17.8 Å². The maximum atomic E-state index is 13.4. The number of likely N-dealkylation sites (tertiary alicyclic amines) is 1. The number of carbonyl (C=O) groups excluding carboxylic acids is 3. The summed E-state index contributed by atoms with van der Waals surface area (Å²) < 4.78 is 27.2. The van der Waals surface area contributed by atoms with Crippen molar-refractivity contribution in [2.45, 2.75) is 39.2 Å². The van der Waals surface area contributed by atoms with Gasteiger partial charge in [-0.2, -0.15) is 17.0 Å². The number of hydrogen-bond acceptors (Lipinski definition) is 5. The van der Waals surface area contributed by atoms with Gasteiger partial charge in [-0.25, -0.2) is 0 Å². The van der Waals surface area contributed by atoms with E-state index in [1.165, 1.54) is 23.3 Å². The van der Waals surface area contributed by atoms with E-state index in [9.17, 15) is 22.8 Å². The van der Waals surface area contributed by atoms with Crippen LogP contribution in [-0.4, -0.2) is 90.9 Å². The van der Waals surface area contributed by atoms with E-state index >= 15 is 0 Å². The largest absolute Gasteiger partial charge is 0.338 e. The first kappa shape index (κ1) is 22.9. The quantitative estimate of drug-likeness (QED) is 0.437. The van der Waals surface area contributed by atoms with Crippen molar-refractivity contribution in [1.82, 2.24) is 18.4 Å². The minimum atomic E-state index is -3.53. The molecule has 2 fully saturated rings. The fourth-order valence-electron chi connectivity index (χ4n) is 4.48. The lowest BCUT2D eigenvalue weighted by Crippen LogP contribution is -2.58. The van der Waals surface area contributed by atoms with E-state index in [1.54, 1.807) is 4.90 Å². The van der Waals surface area contributed by atoms with Gasteiger partial charge in [0.2, 0.25) is 17.7 Å². The Kier molecular flexibility index (Phi) is 6.69. The Morgan fingerprint density at radius 3 is 1.97 bits per heavy atom. The van der Waals surface area contributed by atoms with Crippen LogP contribution < -0.4 is 0 Å². The molecule has 0 aromatic carbocycles. The highest BCUT2D eigenvalue weighted by Crippen LogP contribution is 2.37. The zero-order valence-electron chi connectivity index (χ0n) is 18.2. The molecule has 30 heavy (non-hydrogen) atoms. The Morgan fingerprint density at radius 2 is 1.53 bits per heavy atom. The smallest absolute Gasteiger partial charge is 0.281 e. The molecule has 2 saturated heterocycles. The van der Waals surface area contributed by atoms with Gasteiger partial charge in [-0.15, -0.1) is 0 Å². The number of carbonyl (C=O) groups is 3. The molecule has 3 amide bonds. The summed E-state index contributed by atoms with van der Waals surface area (Å²) in [5.74, 6) is -1.38. The topological polar surface area (TPSA) is 98.3 Å². The Morgan fingerprint density at radius 1 is 1.03 bits per heavy atom. The molecule has 3 rings (SSSR count). The zero-order valence-corrected chi connectivity index (χ0v) is 19.0. The first-order valence-electron chi connectivity index (χ1n) is 10.5. The first-order chi connectivity index (χ1) is 14.1. The molecule has 3 atom stereocenters. The Labute approximate surface area is 178 Å². The number of hydrogen-bond donors (Lipinski definition) is 0. The van der Waals surface area contributed by atoms with Gasteiger partial charge in [-0.3, -0.25) is 19.3 Å². The average molecular weight is 441 g/mol. The fourth-order valence-corrected chi connectivity index (χ4v) is 5.56. The SMILES string of the molecule is CC(C)C[C@H](C(=O)N1CCN(S(=O)(=O)N(C)C)CC1)N1C(=O)[C@H]2CC=CC[C@@H]2C1=O. The average Bonchev–Trinajstić information content (AvgIpc) is 2.96. The second kappa shape index (κ2) is 8.76. The molecule has 0 bridgehead atoms. The molecular weight excluding hydrogens is 408 g/mol. The summed E-state index contributed by atoms with van der Waals surface area (Å²) in [6.45, 7) is 4.79. The minimum absolute atomic E-state index is 0.121. The molecule has 168 valence electrons. The van der Waals surface area contributed by atoms with Gasteiger partial charge in [0.25, 0.3) is 10.2 Å². The van der Waals surface area contributed by atoms with Crippen LogP contribution in [-0.2, 0) is 24.6 Å². The van der Waals surface area contributed by atoms with Crippen LogP contribution in [0.4, 0.5) is 0 Å². The van der Waals surface area contributed by atoms with Crippen molar-refractivity contribution in [1.29, 1.82) is 0 Å². The number of imide groups is 1. The molecule has 0 unspecified atom stereocenters. The number of amides is 3. The molecular formula is C20H32N4O5S. The Hall–Kier alpha value is -1.78. The third-order valence-electron chi connectivity index (χ3n) is 6.17. The van der Waals surface area contributed by atoms with Gasteiger partial charge in [0.15, 0.2) is 0 Å². The minimum Gasteiger partial charge on any atom is -0.338 e. The van der Waals surface area contributed by atoms with Gasteiger partial charge in [0, 0.05) is 40.3 Å². The summed E-state index contributed by atoms with van der Waals surface area (Å²) in [5.41, 5.74) is 0. The van der Waals surface area contributed by atoms with E-state index in [4.69, 9.17) is 0 Å². The zero-order chi connectivity index (χ0) is 22.2. The summed E-state index contributed by atoms with van der Waals surface area (Å²) in [5, 5.41) is 0. The standard InChI is InChI=1S/C20H32N4O5S/c1-14(2)13-17(24-18(25)15-7-5-6-8-16(15)19(24)26)20(27)22-9-11-23(12-10-22)30(28,29)21(3)4/h5-6,14-17H,7-13H2,1-4H3/t15-,16-,17+/m0/s1. The summed E-state index contributed by atoms with van der Waals surface area (Å²) in [6.07, 6.45) is 5.34. The summed E-state index contributed by atoms with van der Waals surface area (Å²) in [4.78, 5) is 42.3. The van der Waals surface area contributed by atoms with E-state index < -0.39 is 16.3 Å². The number of piperazine rings is 1. The van der Waals surface area contributed by atoms with E-state index in [2.05, 4.69) is 0 Å². The summed E-state index contributed by atoms with van der Waals surface area (Å²) in [6, 6.07) is -0.826. The maximum absolute atomic E-state index is 13.4. The van der Waals surface area contributed by atoms with Crippen molar-refractivity contribution >= 4 is 27.9 Å². The molecule has 0 spiro atoms. The van der Waals surface area contributed by atoms with E-state index in [0.29, 0.717) is 19.3 Å². The molecule has 2 heterocycles. The normalized spacial score (nSPS) is 26.6. The van der Waals surface area contributed by atoms with Crippen molar-refractivity contribution in [3.63, 3.8) is 0 Å². The van der Waals surface area contributed by atoms with Gasteiger partial charge in [-0.1, -0.05) is 26.0 Å². The summed E-state index contributed by atoms with van der Waals surface area (Å²) in [7, 11) is -0.580. The van der Waals surface area contributed by atoms with E-state index in [-0.39, 0.29) is 61.7 Å². The predicted octanol–water partition coefficient (Wildman–Crippen LogP) is 0.303. The third-order valence-corrected chi connectivity index (χ3v) is 8.11. The van der Waals surface area contributed by atoms with Crippen molar-refractivity contribution < 1.29 is 22.8 Å². The molecule has 0 N–H and O–H groups in total. The lowest BCUT2D eigenvalue weighted by atomic mass is 9.85. The van der Waals surface area contributed by atoms with Crippen LogP contribution in [0.25, 0.3) is 0 Å². The second-order valence-electron chi connectivity index (χ2n) is 8.86. The highest BCUT2D eigenvalue weighted by atomic mass is 32.2. The fraction of sp³-hybridized carbons (Fsp3) is 0.750. The third kappa shape index (κ3) is 4.17. The highest BCUT2D eigenvalue weighted by molar-refractivity contribution is 7.86. The molecule has 3 aliphatic rings. The number of rotatable bonds is 6. The van der Waals surface area contributed by atoms with Crippen LogP contribution in [0.2, 0.25) is 0 Å². The number of allylic oxidation sites excluding steroid dienone is 2. The van der Waals surface area contributed by atoms with Crippen LogP contribution in [0.15, 0.2) is 12.2 Å². The summed E-state index contributed by atoms with van der Waals surface area (Å²) >= 11 is 0. The molecule has 10 heteroatoms. The van der Waals surface area contributed by atoms with Crippen molar-refractivity contribution in [2.24, 2.45) is 17.8 Å². The lowest BCUT2D eigenvalue weighted by Gasteiger charge is -2.38. The van der Waals surface area contributed by atoms with Gasteiger partial charge < -0.3 is 4.90 Å². The van der Waals surface area contributed by atoms with Crippen LogP contribution in [0.5, 0.6) is 0 Å². The van der Waals surface area contributed by atoms with Gasteiger partial charge in [0.05, 0.1) is 11.8 Å². The first-order valence-corrected chi connectivity index (χ1v) is 11.9. The number of fused-ring (bicyclic) bond motifs is 1. The molecule has 0 aromatic heterocycles. The molecule has 0 aromatic rings. The van der Waals surface area contributed by atoms with E-state index in [1.807, 2.05) is 26.0 Å². The molecule has 2 aliphatic heterocycles. The predicted molar refractivity (Wildman–Crippen MR) is 111 cm³/mol. The maximum Gasteiger partial charge on any atom is 0.281 e. The molecule has 9 nitrogen and oxygen atoms in total. The monoisotopic (exact) mass is 440 g/mol. The molecule has 0 radical (unpaired) electrons. The van der Waals surface area contributed by atoms with Crippen LogP contribution in [0.1, 0.15) is 33.1 Å². The van der Waals surface area contributed by atoms with Crippen molar-refractivity contribution in [2.75, 3.05) is 40.3 Å². The van der Waals surface area contributed by atoms with Gasteiger partial charge in [0.1, 0.15) is 6.04 Å². The Bertz CT molecular complexity index is 804. The lowest BCUT2D eigenvalue weighted by molar-refractivity contribution is -0.152.